The molecule has 96 valence electrons. The third-order valence-corrected chi connectivity index (χ3v) is 2.26. The van der Waals surface area contributed by atoms with E-state index >= 15 is 0 Å². The maximum absolute atomic E-state index is 12.2. The lowest BCUT2D eigenvalue weighted by Crippen LogP contribution is -2.18. The number of ether oxygens (including phenoxy) is 1. The van der Waals surface area contributed by atoms with Gasteiger partial charge in [-0.3, -0.25) is 0 Å². The quantitative estimate of drug-likeness (QED) is 0.878. The lowest BCUT2D eigenvalue weighted by molar-refractivity contribution is -0.274. The van der Waals surface area contributed by atoms with Crippen LogP contribution in [0, 0.1) is 0 Å². The Balaban J connectivity index is 2.07. The van der Waals surface area contributed by atoms with E-state index in [9.17, 15) is 13.2 Å². The monoisotopic (exact) mass is 256 g/mol. The van der Waals surface area contributed by atoms with Crippen LogP contribution in [0.4, 0.5) is 18.9 Å². The topological polar surface area (TPSA) is 37.0 Å². The van der Waals surface area contributed by atoms with E-state index in [1.54, 1.807) is 18.5 Å². The Morgan fingerprint density at radius 3 is 2.61 bits per heavy atom. The van der Waals surface area contributed by atoms with E-state index in [1.807, 2.05) is 6.07 Å². The van der Waals surface area contributed by atoms with Crippen LogP contribution in [0.5, 0.6) is 5.75 Å². The molecular formula is C12H11F3N2O. The number of hydrogen-bond donors (Lipinski definition) is 2. The van der Waals surface area contributed by atoms with E-state index in [0.29, 0.717) is 12.2 Å². The minimum atomic E-state index is -4.69. The smallest absolute Gasteiger partial charge is 0.404 e. The van der Waals surface area contributed by atoms with Gasteiger partial charge in [0.05, 0.1) is 5.69 Å². The fourth-order valence-corrected chi connectivity index (χ4v) is 1.49. The molecule has 1 heterocycles. The average molecular weight is 256 g/mol. The van der Waals surface area contributed by atoms with Gasteiger partial charge >= 0.3 is 6.36 Å². The van der Waals surface area contributed by atoms with Crippen LogP contribution < -0.4 is 10.1 Å². The summed E-state index contributed by atoms with van der Waals surface area (Å²) in [6, 6.07) is 7.77. The van der Waals surface area contributed by atoms with Gasteiger partial charge in [0.2, 0.25) is 0 Å². The molecule has 0 atom stereocenters. The average Bonchev–Trinajstić information content (AvgIpc) is 2.79. The Labute approximate surface area is 102 Å². The Hall–Kier alpha value is -2.11. The van der Waals surface area contributed by atoms with Gasteiger partial charge in [0.25, 0.3) is 0 Å². The van der Waals surface area contributed by atoms with E-state index in [1.165, 1.54) is 18.2 Å². The number of hydrogen-bond acceptors (Lipinski definition) is 2. The first-order valence-corrected chi connectivity index (χ1v) is 5.25. The number of halogens is 3. The number of para-hydroxylation sites is 2. The summed E-state index contributed by atoms with van der Waals surface area (Å²) in [7, 11) is 0. The van der Waals surface area contributed by atoms with Crippen molar-refractivity contribution in [3.63, 3.8) is 0 Å². The van der Waals surface area contributed by atoms with Gasteiger partial charge in [-0.2, -0.15) is 0 Å². The van der Waals surface area contributed by atoms with Crippen molar-refractivity contribution < 1.29 is 17.9 Å². The summed E-state index contributed by atoms with van der Waals surface area (Å²) in [6.07, 6.45) is -1.18. The van der Waals surface area contributed by atoms with Gasteiger partial charge in [-0.25, -0.2) is 0 Å². The van der Waals surface area contributed by atoms with Crippen LogP contribution in [0.15, 0.2) is 42.7 Å². The molecule has 1 aromatic heterocycles. The number of rotatable bonds is 4. The molecule has 0 fully saturated rings. The number of alkyl halides is 3. The fourth-order valence-electron chi connectivity index (χ4n) is 1.49. The second kappa shape index (κ2) is 5.03. The van der Waals surface area contributed by atoms with Crippen LogP contribution in [-0.2, 0) is 6.54 Å². The second-order valence-electron chi connectivity index (χ2n) is 3.62. The van der Waals surface area contributed by atoms with Crippen LogP contribution in [0.1, 0.15) is 5.56 Å². The van der Waals surface area contributed by atoms with Gasteiger partial charge in [0, 0.05) is 18.9 Å². The predicted molar refractivity (Wildman–Crippen MR) is 61.2 cm³/mol. The van der Waals surface area contributed by atoms with Gasteiger partial charge < -0.3 is 15.0 Å². The molecule has 0 aliphatic carbocycles. The molecule has 3 nitrogen and oxygen atoms in total. The van der Waals surface area contributed by atoms with Crippen molar-refractivity contribution in [2.75, 3.05) is 5.32 Å². The summed E-state index contributed by atoms with van der Waals surface area (Å²) in [6.45, 7) is 0.418. The van der Waals surface area contributed by atoms with Gasteiger partial charge in [0.15, 0.2) is 5.75 Å². The number of aromatic nitrogens is 1. The summed E-state index contributed by atoms with van der Waals surface area (Å²) in [4.78, 5) is 2.87. The Morgan fingerprint density at radius 1 is 1.17 bits per heavy atom. The van der Waals surface area contributed by atoms with Gasteiger partial charge in [0.1, 0.15) is 0 Å². The molecule has 0 amide bonds. The van der Waals surface area contributed by atoms with Crippen molar-refractivity contribution in [3.05, 3.63) is 48.3 Å². The normalized spacial score (nSPS) is 11.3. The summed E-state index contributed by atoms with van der Waals surface area (Å²) in [5.41, 5.74) is 1.24. The van der Waals surface area contributed by atoms with Crippen LogP contribution in [0.3, 0.4) is 0 Å². The van der Waals surface area contributed by atoms with E-state index in [2.05, 4.69) is 15.0 Å². The molecule has 2 aromatic rings. The highest BCUT2D eigenvalue weighted by Gasteiger charge is 2.31. The summed E-state index contributed by atoms with van der Waals surface area (Å²) < 4.78 is 40.5. The molecule has 0 saturated carbocycles. The first-order chi connectivity index (χ1) is 8.54. The molecular weight excluding hydrogens is 245 g/mol. The summed E-state index contributed by atoms with van der Waals surface area (Å²) >= 11 is 0. The second-order valence-corrected chi connectivity index (χ2v) is 3.62. The van der Waals surface area contributed by atoms with Crippen LogP contribution in [0.2, 0.25) is 0 Å². The molecule has 0 spiro atoms. The maximum atomic E-state index is 12.2. The Morgan fingerprint density at radius 2 is 1.94 bits per heavy atom. The van der Waals surface area contributed by atoms with E-state index in [0.717, 1.165) is 5.56 Å². The molecule has 2 rings (SSSR count). The van der Waals surface area contributed by atoms with Crippen LogP contribution in [-0.4, -0.2) is 11.3 Å². The molecule has 0 aliphatic rings. The Bertz CT molecular complexity index is 494. The van der Waals surface area contributed by atoms with Gasteiger partial charge in [-0.15, -0.1) is 13.2 Å². The Kier molecular flexibility index (Phi) is 3.45. The first kappa shape index (κ1) is 12.3. The number of anilines is 1. The van der Waals surface area contributed by atoms with E-state index < -0.39 is 6.36 Å². The number of aromatic amines is 1. The molecule has 0 bridgehead atoms. The minimum Gasteiger partial charge on any atom is -0.404 e. The van der Waals surface area contributed by atoms with Crippen molar-refractivity contribution >= 4 is 5.69 Å². The van der Waals surface area contributed by atoms with Crippen molar-refractivity contribution in [3.8, 4) is 5.75 Å². The zero-order valence-electron chi connectivity index (χ0n) is 9.29. The van der Waals surface area contributed by atoms with Crippen molar-refractivity contribution in [1.29, 1.82) is 0 Å². The third kappa shape index (κ3) is 3.44. The molecule has 1 aromatic carbocycles. The van der Waals surface area contributed by atoms with Crippen LogP contribution in [0.25, 0.3) is 0 Å². The predicted octanol–water partition coefficient (Wildman–Crippen LogP) is 3.53. The zero-order valence-corrected chi connectivity index (χ0v) is 9.29. The van der Waals surface area contributed by atoms with Gasteiger partial charge in [-0.1, -0.05) is 12.1 Å². The third-order valence-electron chi connectivity index (χ3n) is 2.26. The number of benzene rings is 1. The fraction of sp³-hybridized carbons (Fsp3) is 0.167. The SMILES string of the molecule is FC(F)(F)Oc1ccccc1NCc1cc[nH]c1. The molecule has 2 N–H and O–H groups in total. The van der Waals surface area contributed by atoms with E-state index in [-0.39, 0.29) is 5.75 Å². The molecule has 6 heteroatoms. The highest BCUT2D eigenvalue weighted by Crippen LogP contribution is 2.30. The van der Waals surface area contributed by atoms with Crippen LogP contribution >= 0.6 is 0 Å². The van der Waals surface area contributed by atoms with Gasteiger partial charge in [-0.05, 0) is 23.8 Å². The highest BCUT2D eigenvalue weighted by molar-refractivity contribution is 5.56. The lowest BCUT2D eigenvalue weighted by Gasteiger charge is -2.14. The molecule has 0 unspecified atom stereocenters. The maximum Gasteiger partial charge on any atom is 0.573 e. The molecule has 0 aliphatic heterocycles. The first-order valence-electron chi connectivity index (χ1n) is 5.25. The molecule has 18 heavy (non-hydrogen) atoms. The van der Waals surface area contributed by atoms with Crippen molar-refractivity contribution in [2.45, 2.75) is 12.9 Å². The lowest BCUT2D eigenvalue weighted by atomic mass is 10.2. The van der Waals surface area contributed by atoms with Crippen molar-refractivity contribution in [1.82, 2.24) is 4.98 Å². The molecule has 0 saturated heterocycles. The minimum absolute atomic E-state index is 0.236. The zero-order chi connectivity index (χ0) is 13.0. The largest absolute Gasteiger partial charge is 0.573 e. The summed E-state index contributed by atoms with van der Waals surface area (Å²) in [5, 5.41) is 2.89. The molecule has 0 radical (unpaired) electrons. The highest BCUT2D eigenvalue weighted by atomic mass is 19.4. The van der Waals surface area contributed by atoms with Crippen molar-refractivity contribution in [2.24, 2.45) is 0 Å². The summed E-state index contributed by atoms with van der Waals surface area (Å²) in [5.74, 6) is -0.236. The number of H-pyrrole nitrogens is 1. The number of nitrogens with one attached hydrogen (secondary N) is 2. The van der Waals surface area contributed by atoms with E-state index in [4.69, 9.17) is 0 Å². The standard InChI is InChI=1S/C12H11F3N2O/c13-12(14,15)18-11-4-2-1-3-10(11)17-8-9-5-6-16-7-9/h1-7,16-17H,8H2.